The number of piperidine rings is 1. The molecule has 6 heteroatoms. The van der Waals surface area contributed by atoms with Crippen molar-refractivity contribution in [2.75, 3.05) is 33.3 Å². The summed E-state index contributed by atoms with van der Waals surface area (Å²) < 4.78 is 5.99. The van der Waals surface area contributed by atoms with Crippen molar-refractivity contribution >= 4 is 23.4 Å². The summed E-state index contributed by atoms with van der Waals surface area (Å²) in [6.07, 6.45) is 7.79. The van der Waals surface area contributed by atoms with Crippen LogP contribution in [0, 0.1) is 5.41 Å². The number of benzene rings is 2. The van der Waals surface area contributed by atoms with Gasteiger partial charge in [-0.25, -0.2) is 0 Å². The van der Waals surface area contributed by atoms with E-state index in [0.29, 0.717) is 24.5 Å². The van der Waals surface area contributed by atoms with Gasteiger partial charge in [0, 0.05) is 38.1 Å². The summed E-state index contributed by atoms with van der Waals surface area (Å²) in [6, 6.07) is 15.8. The fraction of sp³-hybridized carbons (Fsp3) is 0.517. The minimum atomic E-state index is 0.0710. The first-order valence-electron chi connectivity index (χ1n) is 12.9. The molecule has 1 fully saturated rings. The van der Waals surface area contributed by atoms with Crippen LogP contribution in [0.4, 0.5) is 0 Å². The Morgan fingerprint density at radius 3 is 2.49 bits per heavy atom. The number of ether oxygens (including phenoxy) is 1. The summed E-state index contributed by atoms with van der Waals surface area (Å²) in [5.41, 5.74) is 2.32. The van der Waals surface area contributed by atoms with Crippen LogP contribution in [0.1, 0.15) is 56.1 Å². The first kappa shape index (κ1) is 25.6. The molecule has 188 valence electrons. The molecule has 0 bridgehead atoms. The number of carbonyl (C=O) groups is 2. The Kier molecular flexibility index (Phi) is 8.72. The summed E-state index contributed by atoms with van der Waals surface area (Å²) in [5.74, 6) is 1.30. The molecular formula is C29H37ClN2O3. The highest BCUT2D eigenvalue weighted by Gasteiger charge is 2.37. The third-order valence-corrected chi connectivity index (χ3v) is 7.86. The number of para-hydroxylation sites is 1. The van der Waals surface area contributed by atoms with E-state index in [2.05, 4.69) is 12.1 Å². The van der Waals surface area contributed by atoms with Gasteiger partial charge in [-0.1, -0.05) is 48.4 Å². The van der Waals surface area contributed by atoms with Crippen molar-refractivity contribution < 1.29 is 14.3 Å². The van der Waals surface area contributed by atoms with Crippen molar-refractivity contribution in [2.45, 2.75) is 57.8 Å². The van der Waals surface area contributed by atoms with E-state index in [1.54, 1.807) is 0 Å². The second-order valence-corrected chi connectivity index (χ2v) is 10.6. The number of likely N-dealkylation sites (tertiary alicyclic amines) is 1. The second kappa shape index (κ2) is 11.9. The quantitative estimate of drug-likeness (QED) is 0.548. The van der Waals surface area contributed by atoms with E-state index >= 15 is 0 Å². The summed E-state index contributed by atoms with van der Waals surface area (Å²) in [5, 5.41) is 0.685. The summed E-state index contributed by atoms with van der Waals surface area (Å²) >= 11 is 5.98. The van der Waals surface area contributed by atoms with E-state index in [1.807, 2.05) is 53.2 Å². The molecule has 2 aromatic rings. The number of aryl methyl sites for hydroxylation is 1. The molecule has 0 radical (unpaired) electrons. The Hall–Kier alpha value is -2.53. The fourth-order valence-electron chi connectivity index (χ4n) is 5.46. The van der Waals surface area contributed by atoms with E-state index < -0.39 is 0 Å². The molecular weight excluding hydrogens is 460 g/mol. The molecule has 0 saturated carbocycles. The van der Waals surface area contributed by atoms with Crippen molar-refractivity contribution in [3.8, 4) is 5.75 Å². The van der Waals surface area contributed by atoms with Crippen LogP contribution >= 0.6 is 11.6 Å². The molecule has 0 aliphatic carbocycles. The molecule has 2 heterocycles. The predicted octanol–water partition coefficient (Wildman–Crippen LogP) is 5.54. The van der Waals surface area contributed by atoms with Gasteiger partial charge in [-0.05, 0) is 73.3 Å². The van der Waals surface area contributed by atoms with Crippen LogP contribution in [0.3, 0.4) is 0 Å². The molecule has 0 N–H and O–H groups in total. The molecule has 5 nitrogen and oxygen atoms in total. The molecule has 4 rings (SSSR count). The maximum Gasteiger partial charge on any atom is 0.226 e. The highest BCUT2D eigenvalue weighted by atomic mass is 35.5. The zero-order valence-corrected chi connectivity index (χ0v) is 21.6. The molecule has 0 unspecified atom stereocenters. The smallest absolute Gasteiger partial charge is 0.226 e. The first-order valence-corrected chi connectivity index (χ1v) is 13.3. The average molecular weight is 497 g/mol. The standard InChI is InChI=1S/C29H37ClN2O3/c1-31-22-29(16-18-32(19-17-29)28(34)21-23-11-13-25(30)14-12-23)15-5-4-8-24-7-2-3-9-26(24)35-20-6-10-27(31)33/h2-3,7,9,11-14H,4-6,8,10,15-22H2,1H3. The van der Waals surface area contributed by atoms with Gasteiger partial charge < -0.3 is 14.5 Å². The number of rotatable bonds is 2. The lowest BCUT2D eigenvalue weighted by Crippen LogP contribution is -2.48. The zero-order valence-electron chi connectivity index (χ0n) is 20.8. The molecule has 1 spiro atoms. The van der Waals surface area contributed by atoms with E-state index in [9.17, 15) is 9.59 Å². The number of fused-ring (bicyclic) bond motifs is 1. The highest BCUT2D eigenvalue weighted by molar-refractivity contribution is 6.30. The van der Waals surface area contributed by atoms with Crippen LogP contribution in [0.15, 0.2) is 48.5 Å². The molecule has 1 saturated heterocycles. The third-order valence-electron chi connectivity index (χ3n) is 7.61. The Labute approximate surface area is 214 Å². The summed E-state index contributed by atoms with van der Waals surface area (Å²) in [4.78, 5) is 29.7. The number of nitrogens with zero attached hydrogens (tertiary/aromatic N) is 2. The number of amides is 2. The molecule has 0 atom stereocenters. The van der Waals surface area contributed by atoms with E-state index in [-0.39, 0.29) is 17.2 Å². The lowest BCUT2D eigenvalue weighted by atomic mass is 9.73. The second-order valence-electron chi connectivity index (χ2n) is 10.2. The van der Waals surface area contributed by atoms with Crippen LogP contribution in [0.2, 0.25) is 5.02 Å². The molecule has 35 heavy (non-hydrogen) atoms. The van der Waals surface area contributed by atoms with Crippen LogP contribution in [-0.2, 0) is 22.4 Å². The Morgan fingerprint density at radius 2 is 1.71 bits per heavy atom. The van der Waals surface area contributed by atoms with Crippen molar-refractivity contribution in [3.05, 3.63) is 64.7 Å². The van der Waals surface area contributed by atoms with E-state index in [1.165, 1.54) is 5.56 Å². The summed E-state index contributed by atoms with van der Waals surface area (Å²) in [7, 11) is 1.93. The van der Waals surface area contributed by atoms with Crippen LogP contribution < -0.4 is 4.74 Å². The maximum absolute atomic E-state index is 13.0. The lowest BCUT2D eigenvalue weighted by Gasteiger charge is -2.44. The Morgan fingerprint density at radius 1 is 0.971 bits per heavy atom. The molecule has 2 aromatic carbocycles. The van der Waals surface area contributed by atoms with Crippen molar-refractivity contribution in [1.29, 1.82) is 0 Å². The average Bonchev–Trinajstić information content (AvgIpc) is 2.86. The highest BCUT2D eigenvalue weighted by Crippen LogP contribution is 2.38. The predicted molar refractivity (Wildman–Crippen MR) is 140 cm³/mol. The van der Waals surface area contributed by atoms with Gasteiger partial charge in [0.25, 0.3) is 0 Å². The first-order chi connectivity index (χ1) is 16.9. The topological polar surface area (TPSA) is 49.9 Å². The minimum Gasteiger partial charge on any atom is -0.493 e. The Balaban J connectivity index is 1.40. The van der Waals surface area contributed by atoms with Crippen LogP contribution in [0.25, 0.3) is 0 Å². The maximum atomic E-state index is 13.0. The van der Waals surface area contributed by atoms with Gasteiger partial charge in [-0.15, -0.1) is 0 Å². The van der Waals surface area contributed by atoms with Gasteiger partial charge in [0.2, 0.25) is 11.8 Å². The lowest BCUT2D eigenvalue weighted by molar-refractivity contribution is -0.136. The van der Waals surface area contributed by atoms with Crippen molar-refractivity contribution in [1.82, 2.24) is 9.80 Å². The Bertz CT molecular complexity index is 999. The van der Waals surface area contributed by atoms with Gasteiger partial charge >= 0.3 is 0 Å². The number of carbonyl (C=O) groups excluding carboxylic acids is 2. The van der Waals surface area contributed by atoms with E-state index in [4.69, 9.17) is 16.3 Å². The third kappa shape index (κ3) is 7.00. The largest absolute Gasteiger partial charge is 0.493 e. The SMILES string of the molecule is CN1CC2(CCCCc3ccccc3OCCCC1=O)CCN(C(=O)Cc1ccc(Cl)cc1)CC2. The van der Waals surface area contributed by atoms with Crippen molar-refractivity contribution in [2.24, 2.45) is 5.41 Å². The van der Waals surface area contributed by atoms with E-state index in [0.717, 1.165) is 75.9 Å². The van der Waals surface area contributed by atoms with Crippen molar-refractivity contribution in [3.63, 3.8) is 0 Å². The monoisotopic (exact) mass is 496 g/mol. The molecule has 2 aliphatic heterocycles. The van der Waals surface area contributed by atoms with Crippen LogP contribution in [-0.4, -0.2) is 54.9 Å². The van der Waals surface area contributed by atoms with Gasteiger partial charge in [0.15, 0.2) is 0 Å². The van der Waals surface area contributed by atoms with Gasteiger partial charge in [0.05, 0.1) is 13.0 Å². The summed E-state index contributed by atoms with van der Waals surface area (Å²) in [6.45, 7) is 2.84. The number of hydrogen-bond donors (Lipinski definition) is 0. The fourth-order valence-corrected chi connectivity index (χ4v) is 5.59. The number of halogens is 1. The zero-order chi connectivity index (χ0) is 24.7. The minimum absolute atomic E-state index is 0.0710. The van der Waals surface area contributed by atoms with Gasteiger partial charge in [-0.2, -0.15) is 0 Å². The van der Waals surface area contributed by atoms with Gasteiger partial charge in [-0.3, -0.25) is 9.59 Å². The molecule has 2 aliphatic rings. The van der Waals surface area contributed by atoms with Crippen LogP contribution in [0.5, 0.6) is 5.75 Å². The normalized spacial score (nSPS) is 19.5. The molecule has 2 amide bonds. The van der Waals surface area contributed by atoms with Gasteiger partial charge in [0.1, 0.15) is 5.75 Å². The number of hydrogen-bond acceptors (Lipinski definition) is 3. The molecule has 0 aromatic heterocycles.